The fourth-order valence-corrected chi connectivity index (χ4v) is 4.96. The standard InChI is InChI=1S/C25H30ClN3OS2/c1-5-13-29(25-28-21-12-11-20(30-6-2)15-23(21)32-25)22(14-17(3)4)24(31)27-16-18-7-9-19(26)10-8-18/h5,7-12,15,17,22H,1,6,13-14,16H2,2-4H3,(H,27,31). The van der Waals surface area contributed by atoms with Crippen molar-refractivity contribution in [3.63, 3.8) is 0 Å². The molecule has 0 aliphatic heterocycles. The summed E-state index contributed by atoms with van der Waals surface area (Å²) in [5, 5.41) is 5.13. The van der Waals surface area contributed by atoms with Crippen LogP contribution < -0.4 is 15.0 Å². The predicted octanol–water partition coefficient (Wildman–Crippen LogP) is 6.87. The fourth-order valence-electron chi connectivity index (χ4n) is 3.48. The number of nitrogens with zero attached hydrogens (tertiary/aromatic N) is 2. The summed E-state index contributed by atoms with van der Waals surface area (Å²) in [5.41, 5.74) is 2.10. The van der Waals surface area contributed by atoms with Crippen LogP contribution in [0.2, 0.25) is 5.02 Å². The lowest BCUT2D eigenvalue weighted by atomic mass is 10.0. The molecule has 4 nitrogen and oxygen atoms in total. The van der Waals surface area contributed by atoms with Crippen molar-refractivity contribution < 1.29 is 4.74 Å². The zero-order valence-corrected chi connectivity index (χ0v) is 21.2. The molecular weight excluding hydrogens is 458 g/mol. The topological polar surface area (TPSA) is 37.4 Å². The average Bonchev–Trinajstić information content (AvgIpc) is 3.18. The summed E-state index contributed by atoms with van der Waals surface area (Å²) in [6, 6.07) is 13.9. The molecule has 32 heavy (non-hydrogen) atoms. The minimum atomic E-state index is 0.0159. The van der Waals surface area contributed by atoms with Crippen LogP contribution in [0.3, 0.4) is 0 Å². The zero-order valence-electron chi connectivity index (χ0n) is 18.8. The Morgan fingerprint density at radius 1 is 1.28 bits per heavy atom. The highest BCUT2D eigenvalue weighted by Crippen LogP contribution is 2.33. The van der Waals surface area contributed by atoms with Crippen LogP contribution in [-0.4, -0.2) is 29.2 Å². The van der Waals surface area contributed by atoms with Crippen molar-refractivity contribution in [2.24, 2.45) is 5.92 Å². The van der Waals surface area contributed by atoms with E-state index in [1.54, 1.807) is 11.3 Å². The van der Waals surface area contributed by atoms with Crippen molar-refractivity contribution in [2.75, 3.05) is 18.1 Å². The number of anilines is 1. The Labute approximate surface area is 205 Å². The lowest BCUT2D eigenvalue weighted by molar-refractivity contribution is 0.341. The Bertz CT molecular complexity index is 1050. The number of hydrogen-bond acceptors (Lipinski definition) is 5. The second-order valence-electron chi connectivity index (χ2n) is 7.99. The Morgan fingerprint density at radius 2 is 2.03 bits per heavy atom. The van der Waals surface area contributed by atoms with Gasteiger partial charge in [-0.2, -0.15) is 0 Å². The molecule has 0 aliphatic carbocycles. The summed E-state index contributed by atoms with van der Waals surface area (Å²) in [7, 11) is 0. The second kappa shape index (κ2) is 11.6. The number of nitrogens with one attached hydrogen (secondary N) is 1. The van der Waals surface area contributed by atoms with E-state index in [2.05, 4.69) is 36.7 Å². The van der Waals surface area contributed by atoms with E-state index in [0.717, 1.165) is 43.1 Å². The maximum atomic E-state index is 6.01. The molecule has 2 aromatic carbocycles. The Balaban J connectivity index is 1.86. The summed E-state index contributed by atoms with van der Waals surface area (Å²) < 4.78 is 6.76. The Hall–Kier alpha value is -2.15. The number of thiocarbonyl (C=S) groups is 1. The molecule has 1 aromatic heterocycles. The normalized spacial score (nSPS) is 12.0. The monoisotopic (exact) mass is 487 g/mol. The molecule has 0 aliphatic rings. The highest BCUT2D eigenvalue weighted by atomic mass is 35.5. The van der Waals surface area contributed by atoms with E-state index >= 15 is 0 Å². The molecule has 0 saturated carbocycles. The molecule has 7 heteroatoms. The van der Waals surface area contributed by atoms with Crippen LogP contribution in [0.4, 0.5) is 5.13 Å². The fraction of sp³-hybridized carbons (Fsp3) is 0.360. The maximum Gasteiger partial charge on any atom is 0.187 e. The van der Waals surface area contributed by atoms with Gasteiger partial charge in [-0.05, 0) is 55.2 Å². The molecule has 0 fully saturated rings. The van der Waals surface area contributed by atoms with Gasteiger partial charge in [0.2, 0.25) is 0 Å². The van der Waals surface area contributed by atoms with Crippen LogP contribution in [0, 0.1) is 5.92 Å². The van der Waals surface area contributed by atoms with Crippen LogP contribution >= 0.6 is 35.2 Å². The third-order valence-corrected chi connectivity index (χ3v) is 6.71. The van der Waals surface area contributed by atoms with Gasteiger partial charge < -0.3 is 15.0 Å². The minimum absolute atomic E-state index is 0.0159. The first kappa shape index (κ1) is 24.5. The van der Waals surface area contributed by atoms with E-state index in [0.29, 0.717) is 25.6 Å². The van der Waals surface area contributed by atoms with Crippen molar-refractivity contribution >= 4 is 55.5 Å². The van der Waals surface area contributed by atoms with E-state index < -0.39 is 0 Å². The van der Waals surface area contributed by atoms with Gasteiger partial charge in [0, 0.05) is 18.1 Å². The van der Waals surface area contributed by atoms with E-state index in [-0.39, 0.29) is 6.04 Å². The summed E-state index contributed by atoms with van der Waals surface area (Å²) in [5.74, 6) is 1.34. The van der Waals surface area contributed by atoms with Crippen molar-refractivity contribution in [3.8, 4) is 5.75 Å². The summed E-state index contributed by atoms with van der Waals surface area (Å²) >= 11 is 13.6. The number of aromatic nitrogens is 1. The molecule has 3 rings (SSSR count). The highest BCUT2D eigenvalue weighted by molar-refractivity contribution is 7.80. The predicted molar refractivity (Wildman–Crippen MR) is 142 cm³/mol. The third-order valence-electron chi connectivity index (χ3n) is 4.98. The lowest BCUT2D eigenvalue weighted by Crippen LogP contribution is -2.47. The molecule has 0 bridgehead atoms. The van der Waals surface area contributed by atoms with Crippen LogP contribution in [0.25, 0.3) is 10.2 Å². The SMILES string of the molecule is C=CCN(c1nc2ccc(OCC)cc2s1)C(CC(C)C)C(=S)NCc1ccc(Cl)cc1. The second-order valence-corrected chi connectivity index (χ2v) is 9.87. The summed E-state index contributed by atoms with van der Waals surface area (Å²) in [6.45, 7) is 12.4. The van der Waals surface area contributed by atoms with Crippen molar-refractivity contribution in [1.82, 2.24) is 10.3 Å². The van der Waals surface area contributed by atoms with Gasteiger partial charge in [-0.1, -0.05) is 67.2 Å². The molecular formula is C25H30ClN3OS2. The van der Waals surface area contributed by atoms with Crippen LogP contribution in [0.15, 0.2) is 55.1 Å². The first-order chi connectivity index (χ1) is 15.4. The molecule has 170 valence electrons. The van der Waals surface area contributed by atoms with Gasteiger partial charge in [0.05, 0.1) is 27.9 Å². The smallest absolute Gasteiger partial charge is 0.187 e. The number of fused-ring (bicyclic) bond motifs is 1. The summed E-state index contributed by atoms with van der Waals surface area (Å²) in [4.78, 5) is 7.98. The minimum Gasteiger partial charge on any atom is -0.494 e. The molecule has 1 N–H and O–H groups in total. The highest BCUT2D eigenvalue weighted by Gasteiger charge is 2.26. The number of thiazole rings is 1. The first-order valence-corrected chi connectivity index (χ1v) is 12.4. The van der Waals surface area contributed by atoms with Gasteiger partial charge in [-0.15, -0.1) is 6.58 Å². The van der Waals surface area contributed by atoms with E-state index in [4.69, 9.17) is 33.5 Å². The lowest BCUT2D eigenvalue weighted by Gasteiger charge is -2.32. The van der Waals surface area contributed by atoms with Crippen LogP contribution in [-0.2, 0) is 6.54 Å². The van der Waals surface area contributed by atoms with Crippen molar-refractivity contribution in [2.45, 2.75) is 39.8 Å². The van der Waals surface area contributed by atoms with Crippen molar-refractivity contribution in [3.05, 3.63) is 65.7 Å². The first-order valence-electron chi connectivity index (χ1n) is 10.8. The molecule has 1 heterocycles. The third kappa shape index (κ3) is 6.44. The van der Waals surface area contributed by atoms with Crippen LogP contribution in [0.1, 0.15) is 32.8 Å². The number of hydrogen-bond donors (Lipinski definition) is 1. The van der Waals surface area contributed by atoms with Crippen LogP contribution in [0.5, 0.6) is 5.75 Å². The van der Waals surface area contributed by atoms with E-state index in [1.165, 1.54) is 0 Å². The molecule has 3 aromatic rings. The van der Waals surface area contributed by atoms with E-state index in [9.17, 15) is 0 Å². The average molecular weight is 488 g/mol. The molecule has 0 spiro atoms. The Morgan fingerprint density at radius 3 is 2.69 bits per heavy atom. The number of ether oxygens (including phenoxy) is 1. The van der Waals surface area contributed by atoms with Gasteiger partial charge in [0.15, 0.2) is 5.13 Å². The molecule has 0 amide bonds. The maximum absolute atomic E-state index is 6.01. The van der Waals surface area contributed by atoms with Gasteiger partial charge in [-0.3, -0.25) is 0 Å². The number of halogens is 1. The van der Waals surface area contributed by atoms with Gasteiger partial charge >= 0.3 is 0 Å². The van der Waals surface area contributed by atoms with Crippen molar-refractivity contribution in [1.29, 1.82) is 0 Å². The summed E-state index contributed by atoms with van der Waals surface area (Å²) in [6.07, 6.45) is 2.83. The quantitative estimate of drug-likeness (QED) is 0.236. The van der Waals surface area contributed by atoms with Gasteiger partial charge in [0.1, 0.15) is 5.75 Å². The number of benzene rings is 2. The molecule has 0 radical (unpaired) electrons. The molecule has 0 saturated heterocycles. The number of rotatable bonds is 11. The molecule has 1 atom stereocenters. The Kier molecular flexibility index (Phi) is 8.91. The molecule has 1 unspecified atom stereocenters. The largest absolute Gasteiger partial charge is 0.494 e. The van der Waals surface area contributed by atoms with Gasteiger partial charge in [0.25, 0.3) is 0 Å². The van der Waals surface area contributed by atoms with Gasteiger partial charge in [-0.25, -0.2) is 4.98 Å². The zero-order chi connectivity index (χ0) is 23.1. The van der Waals surface area contributed by atoms with E-state index in [1.807, 2.05) is 49.4 Å².